The highest BCUT2D eigenvalue weighted by molar-refractivity contribution is 5.92. The molecular formula is C17H21N3O3. The number of hydrogen-bond donors (Lipinski definition) is 2. The van der Waals surface area contributed by atoms with Gasteiger partial charge in [0, 0.05) is 31.9 Å². The molecule has 0 unspecified atom stereocenters. The van der Waals surface area contributed by atoms with E-state index in [1.54, 1.807) is 18.2 Å². The number of hydrogen-bond acceptors (Lipinski definition) is 4. The number of anilines is 1. The molecule has 0 spiro atoms. The summed E-state index contributed by atoms with van der Waals surface area (Å²) < 4.78 is 5.29. The molecular weight excluding hydrogens is 294 g/mol. The maximum atomic E-state index is 11.9. The smallest absolute Gasteiger partial charge is 0.238 e. The van der Waals surface area contributed by atoms with Gasteiger partial charge in [0.05, 0.1) is 6.07 Å². The van der Waals surface area contributed by atoms with Crippen molar-refractivity contribution < 1.29 is 14.3 Å². The Morgan fingerprint density at radius 3 is 2.52 bits per heavy atom. The molecule has 2 rings (SSSR count). The predicted octanol–water partition coefficient (Wildman–Crippen LogP) is 1.97. The zero-order valence-electron chi connectivity index (χ0n) is 13.0. The van der Waals surface area contributed by atoms with Crippen molar-refractivity contribution in [2.24, 2.45) is 5.92 Å². The lowest BCUT2D eigenvalue weighted by Gasteiger charge is -2.21. The Hall–Kier alpha value is -2.39. The van der Waals surface area contributed by atoms with E-state index >= 15 is 0 Å². The van der Waals surface area contributed by atoms with Gasteiger partial charge in [-0.1, -0.05) is 12.1 Å². The topological polar surface area (TPSA) is 91.2 Å². The molecule has 2 amide bonds. The molecule has 2 N–H and O–H groups in total. The van der Waals surface area contributed by atoms with E-state index in [1.807, 2.05) is 12.1 Å². The fraction of sp³-hybridized carbons (Fsp3) is 0.471. The summed E-state index contributed by atoms with van der Waals surface area (Å²) in [5.74, 6) is 0.148. The lowest BCUT2D eigenvalue weighted by Crippen LogP contribution is -2.27. The molecule has 0 saturated carbocycles. The van der Waals surface area contributed by atoms with Crippen LogP contribution in [0.3, 0.4) is 0 Å². The van der Waals surface area contributed by atoms with Gasteiger partial charge in [-0.2, -0.15) is 5.26 Å². The average molecular weight is 315 g/mol. The predicted molar refractivity (Wildman–Crippen MR) is 85.3 cm³/mol. The number of ether oxygens (including phenoxy) is 1. The zero-order valence-corrected chi connectivity index (χ0v) is 13.0. The standard InChI is InChI=1S/C17H21N3O3/c18-8-5-16(21)20-15-3-1-14(2-4-15)12-19-17(22)11-13-6-9-23-10-7-13/h1-4,13H,5-7,9-12H2,(H,19,22)(H,20,21). The molecule has 0 aliphatic carbocycles. The summed E-state index contributed by atoms with van der Waals surface area (Å²) in [6.45, 7) is 1.96. The summed E-state index contributed by atoms with van der Waals surface area (Å²) in [6, 6.07) is 9.00. The third-order valence-corrected chi connectivity index (χ3v) is 3.78. The SMILES string of the molecule is N#CCC(=O)Nc1ccc(CNC(=O)CC2CCOCC2)cc1. The molecule has 0 aromatic heterocycles. The second-order valence-electron chi connectivity index (χ2n) is 5.62. The van der Waals surface area contributed by atoms with Crippen LogP contribution in [0.25, 0.3) is 0 Å². The van der Waals surface area contributed by atoms with Crippen molar-refractivity contribution in [2.45, 2.75) is 32.2 Å². The van der Waals surface area contributed by atoms with Crippen LogP contribution in [0.4, 0.5) is 5.69 Å². The van der Waals surface area contributed by atoms with Crippen molar-refractivity contribution in [2.75, 3.05) is 18.5 Å². The van der Waals surface area contributed by atoms with Crippen LogP contribution in [0.5, 0.6) is 0 Å². The third kappa shape index (κ3) is 6.09. The van der Waals surface area contributed by atoms with E-state index in [0.717, 1.165) is 31.6 Å². The maximum absolute atomic E-state index is 11.9. The van der Waals surface area contributed by atoms with E-state index < -0.39 is 0 Å². The Bertz CT molecular complexity index is 572. The number of nitriles is 1. The van der Waals surface area contributed by atoms with Crippen LogP contribution >= 0.6 is 0 Å². The van der Waals surface area contributed by atoms with Gasteiger partial charge in [0.2, 0.25) is 11.8 Å². The Morgan fingerprint density at radius 2 is 1.87 bits per heavy atom. The largest absolute Gasteiger partial charge is 0.381 e. The summed E-state index contributed by atoms with van der Waals surface area (Å²) in [5, 5.41) is 14.0. The first-order valence-corrected chi connectivity index (χ1v) is 7.77. The zero-order chi connectivity index (χ0) is 16.5. The molecule has 0 atom stereocenters. The van der Waals surface area contributed by atoms with Gasteiger partial charge in [-0.15, -0.1) is 0 Å². The van der Waals surface area contributed by atoms with Crippen LogP contribution in [-0.4, -0.2) is 25.0 Å². The van der Waals surface area contributed by atoms with Crippen LogP contribution in [-0.2, 0) is 20.9 Å². The van der Waals surface area contributed by atoms with E-state index in [2.05, 4.69) is 10.6 Å². The van der Waals surface area contributed by atoms with E-state index in [9.17, 15) is 9.59 Å². The van der Waals surface area contributed by atoms with Gasteiger partial charge in [-0.3, -0.25) is 9.59 Å². The quantitative estimate of drug-likeness (QED) is 0.839. The highest BCUT2D eigenvalue weighted by atomic mass is 16.5. The Labute approximate surface area is 135 Å². The lowest BCUT2D eigenvalue weighted by atomic mass is 9.96. The molecule has 1 aliphatic rings. The minimum Gasteiger partial charge on any atom is -0.381 e. The molecule has 1 aromatic carbocycles. The van der Waals surface area contributed by atoms with Crippen molar-refractivity contribution in [1.29, 1.82) is 5.26 Å². The second-order valence-corrected chi connectivity index (χ2v) is 5.62. The van der Waals surface area contributed by atoms with Crippen LogP contribution in [0, 0.1) is 17.2 Å². The normalized spacial score (nSPS) is 14.7. The van der Waals surface area contributed by atoms with Gasteiger partial charge in [0.1, 0.15) is 6.42 Å². The number of carbonyl (C=O) groups is 2. The number of nitrogens with one attached hydrogen (secondary N) is 2. The molecule has 1 aromatic rings. The van der Waals surface area contributed by atoms with Crippen LogP contribution in [0.2, 0.25) is 0 Å². The van der Waals surface area contributed by atoms with Gasteiger partial charge in [-0.25, -0.2) is 0 Å². The summed E-state index contributed by atoms with van der Waals surface area (Å²) >= 11 is 0. The fourth-order valence-corrected chi connectivity index (χ4v) is 2.47. The molecule has 6 heteroatoms. The summed E-state index contributed by atoms with van der Waals surface area (Å²) in [4.78, 5) is 23.2. The average Bonchev–Trinajstić information content (AvgIpc) is 2.55. The minimum atomic E-state index is -0.329. The first-order chi connectivity index (χ1) is 11.2. The first-order valence-electron chi connectivity index (χ1n) is 7.77. The highest BCUT2D eigenvalue weighted by Gasteiger charge is 2.17. The molecule has 122 valence electrons. The molecule has 0 bridgehead atoms. The third-order valence-electron chi connectivity index (χ3n) is 3.78. The number of nitrogens with zero attached hydrogens (tertiary/aromatic N) is 1. The van der Waals surface area contributed by atoms with Gasteiger partial charge < -0.3 is 15.4 Å². The molecule has 1 aliphatic heterocycles. The van der Waals surface area contributed by atoms with Gasteiger partial charge in [0.25, 0.3) is 0 Å². The minimum absolute atomic E-state index is 0.0586. The van der Waals surface area contributed by atoms with E-state index in [0.29, 0.717) is 24.6 Å². The summed E-state index contributed by atoms with van der Waals surface area (Å²) in [7, 11) is 0. The lowest BCUT2D eigenvalue weighted by molar-refractivity contribution is -0.122. The van der Waals surface area contributed by atoms with Crippen molar-refractivity contribution in [3.63, 3.8) is 0 Å². The maximum Gasteiger partial charge on any atom is 0.238 e. The van der Waals surface area contributed by atoms with Crippen molar-refractivity contribution in [3.05, 3.63) is 29.8 Å². The number of amides is 2. The van der Waals surface area contributed by atoms with Crippen molar-refractivity contribution in [3.8, 4) is 6.07 Å². The van der Waals surface area contributed by atoms with E-state index in [4.69, 9.17) is 10.00 Å². The molecule has 1 fully saturated rings. The second kappa shape index (κ2) is 8.91. The molecule has 1 saturated heterocycles. The van der Waals surface area contributed by atoms with Gasteiger partial charge in [-0.05, 0) is 36.5 Å². The first kappa shape index (κ1) is 17.0. The Kier molecular flexibility index (Phi) is 6.57. The molecule has 23 heavy (non-hydrogen) atoms. The highest BCUT2D eigenvalue weighted by Crippen LogP contribution is 2.18. The van der Waals surface area contributed by atoms with Crippen LogP contribution < -0.4 is 10.6 Å². The molecule has 6 nitrogen and oxygen atoms in total. The molecule has 0 radical (unpaired) electrons. The summed E-state index contributed by atoms with van der Waals surface area (Å²) in [5.41, 5.74) is 1.60. The van der Waals surface area contributed by atoms with Gasteiger partial charge in [0.15, 0.2) is 0 Å². The Balaban J connectivity index is 1.74. The van der Waals surface area contributed by atoms with E-state index in [-0.39, 0.29) is 18.2 Å². The van der Waals surface area contributed by atoms with E-state index in [1.165, 1.54) is 0 Å². The Morgan fingerprint density at radius 1 is 1.17 bits per heavy atom. The van der Waals surface area contributed by atoms with Crippen LogP contribution in [0.1, 0.15) is 31.2 Å². The number of rotatable bonds is 6. The van der Waals surface area contributed by atoms with Crippen LogP contribution in [0.15, 0.2) is 24.3 Å². The number of benzene rings is 1. The number of carbonyl (C=O) groups excluding carboxylic acids is 2. The van der Waals surface area contributed by atoms with Gasteiger partial charge >= 0.3 is 0 Å². The monoisotopic (exact) mass is 315 g/mol. The molecule has 1 heterocycles. The van der Waals surface area contributed by atoms with Crippen molar-refractivity contribution in [1.82, 2.24) is 5.32 Å². The summed E-state index contributed by atoms with van der Waals surface area (Å²) in [6.07, 6.45) is 2.28. The van der Waals surface area contributed by atoms with Crippen molar-refractivity contribution >= 4 is 17.5 Å². The fourth-order valence-electron chi connectivity index (χ4n) is 2.47.